The lowest BCUT2D eigenvalue weighted by Gasteiger charge is -2.36. The van der Waals surface area contributed by atoms with Gasteiger partial charge in [0.05, 0.1) is 6.04 Å². The Hall–Kier alpha value is -0.650. The first-order chi connectivity index (χ1) is 8.08. The van der Waals surface area contributed by atoms with Crippen LogP contribution in [0.2, 0.25) is 0 Å². The molecular formula is C12H26N4O. The zero-order valence-electron chi connectivity index (χ0n) is 11.3. The van der Waals surface area contributed by atoms with Crippen molar-refractivity contribution in [1.82, 2.24) is 15.2 Å². The molecule has 1 fully saturated rings. The second-order valence-electron chi connectivity index (χ2n) is 5.17. The molecule has 100 valence electrons. The number of rotatable bonds is 5. The topological polar surface area (TPSA) is 61.6 Å². The molecule has 1 rings (SSSR count). The fourth-order valence-corrected chi connectivity index (χ4v) is 2.67. The molecule has 0 bridgehead atoms. The predicted octanol–water partition coefficient (Wildman–Crippen LogP) is 0.0285. The fourth-order valence-electron chi connectivity index (χ4n) is 2.67. The van der Waals surface area contributed by atoms with Gasteiger partial charge in [0.2, 0.25) is 0 Å². The third-order valence-corrected chi connectivity index (χ3v) is 3.54. The average molecular weight is 242 g/mol. The van der Waals surface area contributed by atoms with E-state index < -0.39 is 0 Å². The van der Waals surface area contributed by atoms with Gasteiger partial charge in [-0.15, -0.1) is 0 Å². The van der Waals surface area contributed by atoms with Crippen LogP contribution >= 0.6 is 0 Å². The standard InChI is InChI=1S/C12H26N4O/c1-4-11(12(17)14-13)16-7-5-10(6-8-16)9-15(2)3/h10-11H,4-9,13H2,1-3H3,(H,14,17). The van der Waals surface area contributed by atoms with Crippen molar-refractivity contribution in [2.24, 2.45) is 11.8 Å². The second kappa shape index (κ2) is 6.93. The van der Waals surface area contributed by atoms with Crippen molar-refractivity contribution in [1.29, 1.82) is 0 Å². The summed E-state index contributed by atoms with van der Waals surface area (Å²) in [5.41, 5.74) is 2.27. The Labute approximate surface area is 104 Å². The molecule has 1 unspecified atom stereocenters. The van der Waals surface area contributed by atoms with Crippen LogP contribution < -0.4 is 11.3 Å². The number of carbonyl (C=O) groups is 1. The highest BCUT2D eigenvalue weighted by Crippen LogP contribution is 2.20. The summed E-state index contributed by atoms with van der Waals surface area (Å²) in [6.07, 6.45) is 3.17. The van der Waals surface area contributed by atoms with Gasteiger partial charge in [0.1, 0.15) is 0 Å². The van der Waals surface area contributed by atoms with Gasteiger partial charge in [0.15, 0.2) is 0 Å². The lowest BCUT2D eigenvalue weighted by Crippen LogP contribution is -2.51. The van der Waals surface area contributed by atoms with Gasteiger partial charge >= 0.3 is 0 Å². The summed E-state index contributed by atoms with van der Waals surface area (Å²) in [4.78, 5) is 16.1. The maximum absolute atomic E-state index is 11.6. The van der Waals surface area contributed by atoms with E-state index in [0.29, 0.717) is 0 Å². The third kappa shape index (κ3) is 4.26. The van der Waals surface area contributed by atoms with Crippen LogP contribution in [-0.4, -0.2) is 55.5 Å². The van der Waals surface area contributed by atoms with Gasteiger partial charge < -0.3 is 4.90 Å². The summed E-state index contributed by atoms with van der Waals surface area (Å²) in [6.45, 7) is 5.19. The van der Waals surface area contributed by atoms with E-state index in [4.69, 9.17) is 5.84 Å². The minimum Gasteiger partial charge on any atom is -0.309 e. The van der Waals surface area contributed by atoms with E-state index in [0.717, 1.165) is 32.0 Å². The molecule has 3 N–H and O–H groups in total. The van der Waals surface area contributed by atoms with Crippen LogP contribution in [0.3, 0.4) is 0 Å². The zero-order chi connectivity index (χ0) is 12.8. The Morgan fingerprint density at radius 1 is 1.47 bits per heavy atom. The number of nitrogens with one attached hydrogen (secondary N) is 1. The van der Waals surface area contributed by atoms with E-state index in [1.54, 1.807) is 0 Å². The number of likely N-dealkylation sites (tertiary alicyclic amines) is 1. The van der Waals surface area contributed by atoms with E-state index in [1.165, 1.54) is 12.8 Å². The van der Waals surface area contributed by atoms with Gasteiger partial charge in [-0.25, -0.2) is 5.84 Å². The molecule has 0 aliphatic carbocycles. The van der Waals surface area contributed by atoms with Crippen molar-refractivity contribution in [2.75, 3.05) is 33.7 Å². The second-order valence-corrected chi connectivity index (χ2v) is 5.17. The number of hydrazine groups is 1. The molecule has 1 saturated heterocycles. The third-order valence-electron chi connectivity index (χ3n) is 3.54. The summed E-state index contributed by atoms with van der Waals surface area (Å²) in [6, 6.07) is -0.0553. The Balaban J connectivity index is 2.42. The first kappa shape index (κ1) is 14.4. The van der Waals surface area contributed by atoms with Crippen molar-refractivity contribution < 1.29 is 4.79 Å². The number of hydrogen-bond acceptors (Lipinski definition) is 4. The zero-order valence-corrected chi connectivity index (χ0v) is 11.3. The van der Waals surface area contributed by atoms with Gasteiger partial charge in [-0.3, -0.25) is 15.1 Å². The number of amides is 1. The predicted molar refractivity (Wildman–Crippen MR) is 69.3 cm³/mol. The number of piperidine rings is 1. The lowest BCUT2D eigenvalue weighted by molar-refractivity contribution is -0.127. The monoisotopic (exact) mass is 242 g/mol. The van der Waals surface area contributed by atoms with Gasteiger partial charge in [-0.2, -0.15) is 0 Å². The first-order valence-corrected chi connectivity index (χ1v) is 6.47. The molecule has 5 heteroatoms. The average Bonchev–Trinajstić information content (AvgIpc) is 2.31. The van der Waals surface area contributed by atoms with E-state index in [-0.39, 0.29) is 11.9 Å². The van der Waals surface area contributed by atoms with Crippen LogP contribution in [0.4, 0.5) is 0 Å². The quantitative estimate of drug-likeness (QED) is 0.406. The number of carbonyl (C=O) groups excluding carboxylic acids is 1. The molecule has 0 aromatic heterocycles. The van der Waals surface area contributed by atoms with E-state index in [2.05, 4.69) is 29.3 Å². The maximum Gasteiger partial charge on any atom is 0.251 e. The Kier molecular flexibility index (Phi) is 5.88. The maximum atomic E-state index is 11.6. The molecule has 0 saturated carbocycles. The van der Waals surface area contributed by atoms with Crippen LogP contribution in [0.1, 0.15) is 26.2 Å². The molecule has 1 amide bonds. The highest BCUT2D eigenvalue weighted by atomic mass is 16.2. The van der Waals surface area contributed by atoms with Gasteiger partial charge in [-0.05, 0) is 52.4 Å². The molecule has 1 aliphatic heterocycles. The Morgan fingerprint density at radius 3 is 2.47 bits per heavy atom. The van der Waals surface area contributed by atoms with Crippen molar-refractivity contribution in [3.8, 4) is 0 Å². The Bertz CT molecular complexity index is 237. The summed E-state index contributed by atoms with van der Waals surface area (Å²) >= 11 is 0. The SMILES string of the molecule is CCC(C(=O)NN)N1CCC(CN(C)C)CC1. The van der Waals surface area contributed by atoms with E-state index >= 15 is 0 Å². The molecule has 17 heavy (non-hydrogen) atoms. The molecule has 5 nitrogen and oxygen atoms in total. The molecule has 1 heterocycles. The minimum absolute atomic E-state index is 0.0553. The highest BCUT2D eigenvalue weighted by molar-refractivity contribution is 5.81. The van der Waals surface area contributed by atoms with E-state index in [1.807, 2.05) is 6.92 Å². The molecule has 0 spiro atoms. The smallest absolute Gasteiger partial charge is 0.251 e. The van der Waals surface area contributed by atoms with Crippen LogP contribution in [-0.2, 0) is 4.79 Å². The van der Waals surface area contributed by atoms with Crippen molar-refractivity contribution in [2.45, 2.75) is 32.2 Å². The van der Waals surface area contributed by atoms with Crippen LogP contribution in [0, 0.1) is 5.92 Å². The van der Waals surface area contributed by atoms with Crippen LogP contribution in [0.15, 0.2) is 0 Å². The molecular weight excluding hydrogens is 216 g/mol. The highest BCUT2D eigenvalue weighted by Gasteiger charge is 2.28. The van der Waals surface area contributed by atoms with E-state index in [9.17, 15) is 4.79 Å². The number of nitrogens with zero attached hydrogens (tertiary/aromatic N) is 2. The number of nitrogens with two attached hydrogens (primary N) is 1. The fraction of sp³-hybridized carbons (Fsp3) is 0.917. The molecule has 0 aromatic carbocycles. The van der Waals surface area contributed by atoms with Crippen molar-refractivity contribution in [3.05, 3.63) is 0 Å². The minimum atomic E-state index is -0.0569. The van der Waals surface area contributed by atoms with Crippen LogP contribution in [0.5, 0.6) is 0 Å². The van der Waals surface area contributed by atoms with Gasteiger partial charge in [0, 0.05) is 6.54 Å². The first-order valence-electron chi connectivity index (χ1n) is 6.47. The van der Waals surface area contributed by atoms with Gasteiger partial charge in [0.25, 0.3) is 5.91 Å². The van der Waals surface area contributed by atoms with Crippen molar-refractivity contribution >= 4 is 5.91 Å². The molecule has 1 atom stereocenters. The molecule has 0 radical (unpaired) electrons. The number of hydrogen-bond donors (Lipinski definition) is 2. The lowest BCUT2D eigenvalue weighted by atomic mass is 9.95. The largest absolute Gasteiger partial charge is 0.309 e. The Morgan fingerprint density at radius 2 is 2.06 bits per heavy atom. The molecule has 1 aliphatic rings. The normalized spacial score (nSPS) is 20.5. The summed E-state index contributed by atoms with van der Waals surface area (Å²) in [5.74, 6) is 5.92. The summed E-state index contributed by atoms with van der Waals surface area (Å²) in [7, 11) is 4.23. The van der Waals surface area contributed by atoms with Gasteiger partial charge in [-0.1, -0.05) is 6.92 Å². The molecule has 0 aromatic rings. The van der Waals surface area contributed by atoms with Crippen LogP contribution in [0.25, 0.3) is 0 Å². The van der Waals surface area contributed by atoms with Crippen molar-refractivity contribution in [3.63, 3.8) is 0 Å². The summed E-state index contributed by atoms with van der Waals surface area (Å²) < 4.78 is 0. The summed E-state index contributed by atoms with van der Waals surface area (Å²) in [5, 5.41) is 0.